The number of hydrogen-bond donors (Lipinski definition) is 2. The smallest absolute Gasteiger partial charge is 0.306 e. The van der Waals surface area contributed by atoms with Crippen LogP contribution in [-0.4, -0.2) is 36.4 Å². The number of carbonyl (C=O) groups excluding carboxylic acids is 3. The van der Waals surface area contributed by atoms with E-state index in [0.29, 0.717) is 11.4 Å². The van der Waals surface area contributed by atoms with Gasteiger partial charge in [-0.05, 0) is 30.3 Å². The largest absolute Gasteiger partial charge is 0.497 e. The van der Waals surface area contributed by atoms with Crippen LogP contribution in [0.4, 0.5) is 17.1 Å². The van der Waals surface area contributed by atoms with Crippen LogP contribution in [0.25, 0.3) is 0 Å². The van der Waals surface area contributed by atoms with Gasteiger partial charge in [-0.15, -0.1) is 0 Å². The molecule has 2 N–H and O–H groups in total. The van der Waals surface area contributed by atoms with Crippen molar-refractivity contribution in [1.29, 1.82) is 0 Å². The number of nitro benzene ring substituents is 1. The molecular formula is C19H18BrN3O7. The molecule has 10 nitrogen and oxygen atoms in total. The lowest BCUT2D eigenvalue weighted by Crippen LogP contribution is -2.22. The fraction of sp³-hybridized carbons (Fsp3) is 0.211. The standard InChI is InChI=1S/C19H18BrN3O7/c1-29-14-6-7-16(23(27)28)15(10-14)22-18(25)11-30-19(26)9-8-17(24)21-13-4-2-12(20)3-5-13/h2-7,10H,8-9,11H2,1H3,(H,21,24)(H,22,25). The summed E-state index contributed by atoms with van der Waals surface area (Å²) in [5.41, 5.74) is 0.158. The van der Waals surface area contributed by atoms with Crippen LogP contribution in [0.5, 0.6) is 5.75 Å². The van der Waals surface area contributed by atoms with Crippen molar-refractivity contribution in [1.82, 2.24) is 0 Å². The van der Waals surface area contributed by atoms with Crippen molar-refractivity contribution in [2.24, 2.45) is 0 Å². The highest BCUT2D eigenvalue weighted by molar-refractivity contribution is 9.10. The lowest BCUT2D eigenvalue weighted by atomic mass is 10.2. The first-order valence-electron chi connectivity index (χ1n) is 8.62. The molecule has 0 aliphatic carbocycles. The zero-order chi connectivity index (χ0) is 22.1. The van der Waals surface area contributed by atoms with Crippen LogP contribution in [0.3, 0.4) is 0 Å². The van der Waals surface area contributed by atoms with Crippen LogP contribution in [0.15, 0.2) is 46.9 Å². The van der Waals surface area contributed by atoms with E-state index in [1.165, 1.54) is 25.3 Å². The van der Waals surface area contributed by atoms with Gasteiger partial charge in [0.15, 0.2) is 6.61 Å². The number of carbonyl (C=O) groups is 3. The molecule has 0 aliphatic heterocycles. The third kappa shape index (κ3) is 7.17. The predicted molar refractivity (Wildman–Crippen MR) is 111 cm³/mol. The lowest BCUT2D eigenvalue weighted by molar-refractivity contribution is -0.383. The number of halogens is 1. The molecule has 0 aromatic heterocycles. The number of amides is 2. The number of hydrogen-bond acceptors (Lipinski definition) is 7. The fourth-order valence-corrected chi connectivity index (χ4v) is 2.54. The minimum atomic E-state index is -0.765. The van der Waals surface area contributed by atoms with E-state index in [4.69, 9.17) is 9.47 Å². The summed E-state index contributed by atoms with van der Waals surface area (Å²) in [5, 5.41) is 16.0. The first-order valence-corrected chi connectivity index (χ1v) is 9.41. The summed E-state index contributed by atoms with van der Waals surface area (Å²) in [6, 6.07) is 10.8. The Morgan fingerprint density at radius 1 is 1.03 bits per heavy atom. The minimum Gasteiger partial charge on any atom is -0.497 e. The van der Waals surface area contributed by atoms with E-state index in [9.17, 15) is 24.5 Å². The highest BCUT2D eigenvalue weighted by Crippen LogP contribution is 2.28. The first-order chi connectivity index (χ1) is 14.3. The second-order valence-corrected chi connectivity index (χ2v) is 6.82. The normalized spacial score (nSPS) is 10.1. The van der Waals surface area contributed by atoms with Gasteiger partial charge in [0.25, 0.3) is 11.6 Å². The number of nitro groups is 1. The topological polar surface area (TPSA) is 137 Å². The average Bonchev–Trinajstić information content (AvgIpc) is 2.72. The Morgan fingerprint density at radius 3 is 2.37 bits per heavy atom. The highest BCUT2D eigenvalue weighted by atomic mass is 79.9. The van der Waals surface area contributed by atoms with E-state index in [0.717, 1.165) is 4.47 Å². The van der Waals surface area contributed by atoms with E-state index in [-0.39, 0.29) is 30.1 Å². The number of ether oxygens (including phenoxy) is 2. The summed E-state index contributed by atoms with van der Waals surface area (Å²) >= 11 is 3.28. The van der Waals surface area contributed by atoms with Gasteiger partial charge in [-0.1, -0.05) is 15.9 Å². The van der Waals surface area contributed by atoms with Gasteiger partial charge in [-0.2, -0.15) is 0 Å². The third-order valence-corrected chi connectivity index (χ3v) is 4.25. The predicted octanol–water partition coefficient (Wildman–Crippen LogP) is 3.27. The van der Waals surface area contributed by atoms with Crippen LogP contribution in [0.1, 0.15) is 12.8 Å². The van der Waals surface area contributed by atoms with E-state index in [1.54, 1.807) is 24.3 Å². The Labute approximate surface area is 179 Å². The van der Waals surface area contributed by atoms with Crippen molar-refractivity contribution in [2.45, 2.75) is 12.8 Å². The van der Waals surface area contributed by atoms with Gasteiger partial charge in [0, 0.05) is 28.7 Å². The number of benzene rings is 2. The van der Waals surface area contributed by atoms with Crippen LogP contribution in [0.2, 0.25) is 0 Å². The summed E-state index contributed by atoms with van der Waals surface area (Å²) in [5.74, 6) is -1.59. The van der Waals surface area contributed by atoms with Gasteiger partial charge in [-0.25, -0.2) is 0 Å². The van der Waals surface area contributed by atoms with Crippen LogP contribution >= 0.6 is 15.9 Å². The van der Waals surface area contributed by atoms with Gasteiger partial charge >= 0.3 is 5.97 Å². The van der Waals surface area contributed by atoms with Crippen molar-refractivity contribution in [3.8, 4) is 5.75 Å². The minimum absolute atomic E-state index is 0.0886. The molecule has 0 bridgehead atoms. The Kier molecular flexibility index (Phi) is 8.29. The molecule has 158 valence electrons. The van der Waals surface area contributed by atoms with E-state index < -0.39 is 23.4 Å². The fourth-order valence-electron chi connectivity index (χ4n) is 2.28. The lowest BCUT2D eigenvalue weighted by Gasteiger charge is -2.09. The second kappa shape index (κ2) is 10.9. The molecular weight excluding hydrogens is 462 g/mol. The summed E-state index contributed by atoms with van der Waals surface area (Å²) in [6.45, 7) is -0.651. The summed E-state index contributed by atoms with van der Waals surface area (Å²) in [7, 11) is 1.38. The molecule has 0 saturated carbocycles. The average molecular weight is 480 g/mol. The number of nitrogens with zero attached hydrogens (tertiary/aromatic N) is 1. The molecule has 2 aromatic carbocycles. The molecule has 0 spiro atoms. The van der Waals surface area contributed by atoms with Crippen LogP contribution in [-0.2, 0) is 19.1 Å². The molecule has 0 heterocycles. The number of esters is 1. The maximum Gasteiger partial charge on any atom is 0.306 e. The first kappa shape index (κ1) is 22.8. The maximum atomic E-state index is 12.0. The van der Waals surface area contributed by atoms with E-state index in [1.807, 2.05) is 0 Å². The second-order valence-electron chi connectivity index (χ2n) is 5.90. The van der Waals surface area contributed by atoms with E-state index in [2.05, 4.69) is 26.6 Å². The van der Waals surface area contributed by atoms with Crippen molar-refractivity contribution in [2.75, 3.05) is 24.4 Å². The van der Waals surface area contributed by atoms with Crippen molar-refractivity contribution in [3.05, 3.63) is 57.1 Å². The quantitative estimate of drug-likeness (QED) is 0.319. The Bertz CT molecular complexity index is 948. The van der Waals surface area contributed by atoms with Gasteiger partial charge in [0.05, 0.1) is 18.5 Å². The molecule has 0 aliphatic rings. The number of anilines is 2. The van der Waals surface area contributed by atoms with Crippen molar-refractivity contribution < 1.29 is 28.8 Å². The van der Waals surface area contributed by atoms with E-state index >= 15 is 0 Å². The van der Waals surface area contributed by atoms with Crippen LogP contribution < -0.4 is 15.4 Å². The summed E-state index contributed by atoms with van der Waals surface area (Å²) in [4.78, 5) is 46.0. The van der Waals surface area contributed by atoms with Gasteiger partial charge < -0.3 is 20.1 Å². The SMILES string of the molecule is COc1ccc([N+](=O)[O-])c(NC(=O)COC(=O)CCC(=O)Nc2ccc(Br)cc2)c1. The zero-order valence-electron chi connectivity index (χ0n) is 15.8. The van der Waals surface area contributed by atoms with Gasteiger partial charge in [0.1, 0.15) is 11.4 Å². The molecule has 0 fully saturated rings. The summed E-state index contributed by atoms with van der Waals surface area (Å²) < 4.78 is 10.6. The molecule has 2 rings (SSSR count). The van der Waals surface area contributed by atoms with Crippen molar-refractivity contribution >= 4 is 50.8 Å². The highest BCUT2D eigenvalue weighted by Gasteiger charge is 2.18. The Balaban J connectivity index is 1.79. The van der Waals surface area contributed by atoms with Gasteiger partial charge in [0.2, 0.25) is 5.91 Å². The van der Waals surface area contributed by atoms with Crippen molar-refractivity contribution in [3.63, 3.8) is 0 Å². The maximum absolute atomic E-state index is 12.0. The Hall–Kier alpha value is -3.47. The summed E-state index contributed by atoms with van der Waals surface area (Å²) in [6.07, 6.45) is -0.354. The number of methoxy groups -OCH3 is 1. The monoisotopic (exact) mass is 479 g/mol. The molecule has 2 amide bonds. The van der Waals surface area contributed by atoms with Gasteiger partial charge in [-0.3, -0.25) is 24.5 Å². The molecule has 2 aromatic rings. The third-order valence-electron chi connectivity index (χ3n) is 3.72. The van der Waals surface area contributed by atoms with Crippen LogP contribution in [0, 0.1) is 10.1 Å². The molecule has 11 heteroatoms. The molecule has 0 saturated heterocycles. The number of rotatable bonds is 9. The Morgan fingerprint density at radius 2 is 1.73 bits per heavy atom. The molecule has 0 unspecified atom stereocenters. The number of nitrogens with one attached hydrogen (secondary N) is 2. The molecule has 0 radical (unpaired) electrons. The molecule has 30 heavy (non-hydrogen) atoms. The molecule has 0 atom stereocenters. The zero-order valence-corrected chi connectivity index (χ0v) is 17.4.